The molecule has 1 atom stereocenters. The van der Waals surface area contributed by atoms with Crippen molar-refractivity contribution >= 4 is 16.7 Å². The molecule has 0 bridgehead atoms. The number of pyridine rings is 1. The quantitative estimate of drug-likeness (QED) is 0.602. The van der Waals surface area contributed by atoms with Crippen LogP contribution in [0.25, 0.3) is 10.9 Å². The Balaban J connectivity index is 1.81. The van der Waals surface area contributed by atoms with Gasteiger partial charge in [0.15, 0.2) is 0 Å². The maximum atomic E-state index is 4.45. The van der Waals surface area contributed by atoms with Gasteiger partial charge in [-0.2, -0.15) is 5.10 Å². The van der Waals surface area contributed by atoms with E-state index in [0.717, 1.165) is 16.9 Å². The number of aryl methyl sites for hydroxylation is 2. The van der Waals surface area contributed by atoms with E-state index in [-0.39, 0.29) is 6.04 Å². The summed E-state index contributed by atoms with van der Waals surface area (Å²) >= 11 is 0. The van der Waals surface area contributed by atoms with E-state index in [4.69, 9.17) is 0 Å². The Morgan fingerprint density at radius 1 is 1.21 bits per heavy atom. The van der Waals surface area contributed by atoms with Crippen molar-refractivity contribution < 1.29 is 0 Å². The van der Waals surface area contributed by atoms with E-state index in [9.17, 15) is 0 Å². The Kier molecular flexibility index (Phi) is 3.54. The molecule has 0 spiro atoms. The fraction of sp³-hybridized carbons (Fsp3) is 0.158. The van der Waals surface area contributed by atoms with E-state index in [2.05, 4.69) is 57.8 Å². The second-order valence-electron chi connectivity index (χ2n) is 6.03. The molecular formula is C19H19N5. The number of aromatic nitrogens is 4. The molecule has 5 heteroatoms. The van der Waals surface area contributed by atoms with E-state index in [1.54, 1.807) is 0 Å². The van der Waals surface area contributed by atoms with Crippen LogP contribution in [0.5, 0.6) is 0 Å². The Hall–Kier alpha value is -3.08. The van der Waals surface area contributed by atoms with Crippen molar-refractivity contribution in [3.63, 3.8) is 0 Å². The molecule has 0 fully saturated rings. The largest absolute Gasteiger partial charge is 0.361 e. The molecule has 2 N–H and O–H groups in total. The molecule has 0 aliphatic rings. The summed E-state index contributed by atoms with van der Waals surface area (Å²) in [5.74, 6) is 0.856. The summed E-state index contributed by atoms with van der Waals surface area (Å²) in [7, 11) is 1.93. The maximum Gasteiger partial charge on any atom is 0.126 e. The molecule has 4 rings (SSSR count). The van der Waals surface area contributed by atoms with Crippen LogP contribution < -0.4 is 5.32 Å². The van der Waals surface area contributed by atoms with Crippen molar-refractivity contribution in [2.24, 2.45) is 7.05 Å². The summed E-state index contributed by atoms with van der Waals surface area (Å²) in [6.45, 7) is 2.07. The molecule has 0 saturated carbocycles. The van der Waals surface area contributed by atoms with Crippen LogP contribution in [-0.2, 0) is 7.05 Å². The number of hydrogen-bond donors (Lipinski definition) is 2. The Bertz CT molecular complexity index is 982. The van der Waals surface area contributed by atoms with E-state index in [1.165, 1.54) is 16.5 Å². The SMILES string of the molecule is Cc1ccnc(NC(c2cnn(C)c2)c2c[nH]c3ccccc23)c1. The van der Waals surface area contributed by atoms with Crippen LogP contribution in [-0.4, -0.2) is 19.7 Å². The topological polar surface area (TPSA) is 58.5 Å². The fourth-order valence-electron chi connectivity index (χ4n) is 3.03. The molecule has 3 aromatic heterocycles. The number of para-hydroxylation sites is 1. The average molecular weight is 317 g/mol. The van der Waals surface area contributed by atoms with Gasteiger partial charge >= 0.3 is 0 Å². The van der Waals surface area contributed by atoms with Crippen LogP contribution in [0.1, 0.15) is 22.7 Å². The summed E-state index contributed by atoms with van der Waals surface area (Å²) in [5, 5.41) is 9.09. The van der Waals surface area contributed by atoms with Gasteiger partial charge in [0, 0.05) is 47.7 Å². The van der Waals surface area contributed by atoms with Crippen LogP contribution in [0.15, 0.2) is 61.2 Å². The van der Waals surface area contributed by atoms with Crippen LogP contribution >= 0.6 is 0 Å². The summed E-state index contributed by atoms with van der Waals surface area (Å²) in [6, 6.07) is 12.3. The Labute approximate surface area is 140 Å². The lowest BCUT2D eigenvalue weighted by Gasteiger charge is -2.18. The number of nitrogens with one attached hydrogen (secondary N) is 2. The van der Waals surface area contributed by atoms with E-state index < -0.39 is 0 Å². The molecule has 3 heterocycles. The zero-order valence-electron chi connectivity index (χ0n) is 13.7. The molecule has 0 saturated heterocycles. The number of fused-ring (bicyclic) bond motifs is 1. The van der Waals surface area contributed by atoms with Crippen LogP contribution in [0.4, 0.5) is 5.82 Å². The molecule has 1 aromatic carbocycles. The van der Waals surface area contributed by atoms with Crippen molar-refractivity contribution in [1.82, 2.24) is 19.7 Å². The highest BCUT2D eigenvalue weighted by atomic mass is 15.2. The van der Waals surface area contributed by atoms with Crippen molar-refractivity contribution in [3.8, 4) is 0 Å². The lowest BCUT2D eigenvalue weighted by Crippen LogP contribution is -2.12. The van der Waals surface area contributed by atoms with E-state index >= 15 is 0 Å². The summed E-state index contributed by atoms with van der Waals surface area (Å²) in [6.07, 6.45) is 7.82. The van der Waals surface area contributed by atoms with Gasteiger partial charge in [-0.1, -0.05) is 18.2 Å². The van der Waals surface area contributed by atoms with Crippen LogP contribution in [0, 0.1) is 6.92 Å². The number of benzene rings is 1. The predicted molar refractivity (Wildman–Crippen MR) is 95.9 cm³/mol. The molecule has 1 unspecified atom stereocenters. The van der Waals surface area contributed by atoms with Gasteiger partial charge in [0.25, 0.3) is 0 Å². The van der Waals surface area contributed by atoms with E-state index in [0.29, 0.717) is 0 Å². The minimum atomic E-state index is -0.0239. The highest BCUT2D eigenvalue weighted by Crippen LogP contribution is 2.31. The number of nitrogens with zero attached hydrogens (tertiary/aromatic N) is 3. The van der Waals surface area contributed by atoms with Gasteiger partial charge in [0.2, 0.25) is 0 Å². The lowest BCUT2D eigenvalue weighted by molar-refractivity contribution is 0.766. The maximum absolute atomic E-state index is 4.45. The van der Waals surface area contributed by atoms with Crippen LogP contribution in [0.3, 0.4) is 0 Å². The normalized spacial score (nSPS) is 12.4. The third kappa shape index (κ3) is 2.65. The molecule has 5 nitrogen and oxygen atoms in total. The van der Waals surface area contributed by atoms with Crippen molar-refractivity contribution in [3.05, 3.63) is 77.9 Å². The van der Waals surface area contributed by atoms with Crippen molar-refractivity contribution in [2.45, 2.75) is 13.0 Å². The second-order valence-corrected chi connectivity index (χ2v) is 6.03. The number of hydrogen-bond acceptors (Lipinski definition) is 3. The smallest absolute Gasteiger partial charge is 0.126 e. The molecule has 24 heavy (non-hydrogen) atoms. The van der Waals surface area contributed by atoms with Gasteiger partial charge in [-0.15, -0.1) is 0 Å². The Morgan fingerprint density at radius 2 is 2.08 bits per heavy atom. The highest BCUT2D eigenvalue weighted by Gasteiger charge is 2.19. The lowest BCUT2D eigenvalue weighted by atomic mass is 10.0. The Morgan fingerprint density at radius 3 is 2.88 bits per heavy atom. The standard InChI is InChI=1S/C19H19N5/c1-13-7-8-20-18(9-13)23-19(14-10-22-24(2)12-14)16-11-21-17-6-4-3-5-15(16)17/h3-12,19,21H,1-2H3,(H,20,23). The first-order chi connectivity index (χ1) is 11.7. The molecule has 0 aliphatic carbocycles. The third-order valence-electron chi connectivity index (χ3n) is 4.20. The van der Waals surface area contributed by atoms with Gasteiger partial charge in [-0.3, -0.25) is 4.68 Å². The highest BCUT2D eigenvalue weighted by molar-refractivity contribution is 5.84. The summed E-state index contributed by atoms with van der Waals surface area (Å²) in [4.78, 5) is 7.81. The fourth-order valence-corrected chi connectivity index (χ4v) is 3.03. The summed E-state index contributed by atoms with van der Waals surface area (Å²) in [5.41, 5.74) is 4.59. The van der Waals surface area contributed by atoms with Gasteiger partial charge < -0.3 is 10.3 Å². The molecule has 4 aromatic rings. The molecule has 120 valence electrons. The van der Waals surface area contributed by atoms with Gasteiger partial charge in [0.05, 0.1) is 12.2 Å². The molecular weight excluding hydrogens is 298 g/mol. The van der Waals surface area contributed by atoms with Gasteiger partial charge in [-0.25, -0.2) is 4.98 Å². The van der Waals surface area contributed by atoms with Crippen molar-refractivity contribution in [2.75, 3.05) is 5.32 Å². The number of H-pyrrole nitrogens is 1. The monoisotopic (exact) mass is 317 g/mol. The van der Waals surface area contributed by atoms with Crippen molar-refractivity contribution in [1.29, 1.82) is 0 Å². The van der Waals surface area contributed by atoms with E-state index in [1.807, 2.05) is 42.5 Å². The zero-order chi connectivity index (χ0) is 16.5. The van der Waals surface area contributed by atoms with Gasteiger partial charge in [-0.05, 0) is 30.7 Å². The van der Waals surface area contributed by atoms with Gasteiger partial charge in [0.1, 0.15) is 5.82 Å². The third-order valence-corrected chi connectivity index (χ3v) is 4.20. The first kappa shape index (κ1) is 14.5. The minimum Gasteiger partial charge on any atom is -0.361 e. The number of aromatic amines is 1. The zero-order valence-corrected chi connectivity index (χ0v) is 13.7. The number of anilines is 1. The molecule has 0 radical (unpaired) electrons. The predicted octanol–water partition coefficient (Wildman–Crippen LogP) is 3.81. The second kappa shape index (κ2) is 5.85. The molecule has 0 aliphatic heterocycles. The summed E-state index contributed by atoms with van der Waals surface area (Å²) < 4.78 is 1.82. The minimum absolute atomic E-state index is 0.0239. The average Bonchev–Trinajstić information content (AvgIpc) is 3.19. The number of rotatable bonds is 4. The first-order valence-electron chi connectivity index (χ1n) is 7.94. The van der Waals surface area contributed by atoms with Crippen LogP contribution in [0.2, 0.25) is 0 Å². The first-order valence-corrected chi connectivity index (χ1v) is 7.94. The molecule has 0 amide bonds.